The molecule has 1 N–H and O–H groups in total. The first-order chi connectivity index (χ1) is 9.50. The molecule has 0 bridgehead atoms. The molecule has 2 aliphatic rings. The fourth-order valence-corrected chi connectivity index (χ4v) is 2.88. The quantitative estimate of drug-likeness (QED) is 0.843. The van der Waals surface area contributed by atoms with Gasteiger partial charge in [0, 0.05) is 5.02 Å². The zero-order chi connectivity index (χ0) is 14.4. The largest absolute Gasteiger partial charge is 0.480 e. The van der Waals surface area contributed by atoms with Gasteiger partial charge in [-0.2, -0.15) is 0 Å². The van der Waals surface area contributed by atoms with E-state index >= 15 is 0 Å². The third-order valence-electron chi connectivity index (χ3n) is 3.67. The number of anilines is 1. The van der Waals surface area contributed by atoms with Crippen molar-refractivity contribution in [3.05, 3.63) is 29.3 Å². The standard InChI is InChI=1S/C13H11ClN2O4/c14-7-1-3-8(4-2-7)15-11(17)9-5-6-10(12(18)19)16(9)13(15)20/h1-4,9-10H,5-6H2,(H,18,19)/t9-,10-/m0/s1. The summed E-state index contributed by atoms with van der Waals surface area (Å²) in [5.41, 5.74) is 0.405. The first-order valence-electron chi connectivity index (χ1n) is 6.15. The molecule has 20 heavy (non-hydrogen) atoms. The highest BCUT2D eigenvalue weighted by atomic mass is 35.5. The van der Waals surface area contributed by atoms with Gasteiger partial charge in [0.05, 0.1) is 5.69 Å². The fourth-order valence-electron chi connectivity index (χ4n) is 2.75. The maximum atomic E-state index is 12.3. The summed E-state index contributed by atoms with van der Waals surface area (Å²) < 4.78 is 0. The Bertz CT molecular complexity index is 601. The molecule has 2 fully saturated rings. The lowest BCUT2D eigenvalue weighted by Gasteiger charge is -2.20. The van der Waals surface area contributed by atoms with Crippen LogP contribution in [-0.4, -0.2) is 40.0 Å². The second-order valence-corrected chi connectivity index (χ2v) is 5.22. The van der Waals surface area contributed by atoms with Crippen LogP contribution in [0.15, 0.2) is 24.3 Å². The Morgan fingerprint density at radius 1 is 1.20 bits per heavy atom. The molecule has 3 amide bonds. The van der Waals surface area contributed by atoms with Crippen LogP contribution in [0.25, 0.3) is 0 Å². The number of nitrogens with zero attached hydrogens (tertiary/aromatic N) is 2. The van der Waals surface area contributed by atoms with Crippen molar-refractivity contribution in [2.75, 3.05) is 4.90 Å². The third kappa shape index (κ3) is 1.76. The minimum Gasteiger partial charge on any atom is -0.480 e. The van der Waals surface area contributed by atoms with Gasteiger partial charge in [0.25, 0.3) is 5.91 Å². The van der Waals surface area contributed by atoms with Gasteiger partial charge in [-0.15, -0.1) is 0 Å². The summed E-state index contributed by atoms with van der Waals surface area (Å²) in [6.45, 7) is 0. The summed E-state index contributed by atoms with van der Waals surface area (Å²) in [7, 11) is 0. The highest BCUT2D eigenvalue weighted by molar-refractivity contribution is 6.30. The molecule has 0 unspecified atom stereocenters. The number of carboxylic acid groups (broad SMARTS) is 1. The summed E-state index contributed by atoms with van der Waals surface area (Å²) in [5, 5.41) is 9.61. The lowest BCUT2D eigenvalue weighted by atomic mass is 10.1. The van der Waals surface area contributed by atoms with Crippen molar-refractivity contribution in [2.24, 2.45) is 0 Å². The van der Waals surface area contributed by atoms with Crippen LogP contribution >= 0.6 is 11.6 Å². The Labute approximate surface area is 119 Å². The molecule has 0 aliphatic carbocycles. The van der Waals surface area contributed by atoms with Crippen LogP contribution in [0.5, 0.6) is 0 Å². The molecule has 1 aromatic rings. The SMILES string of the molecule is O=C(O)[C@@H]1CC[C@H]2C(=O)N(c3ccc(Cl)cc3)C(=O)N12. The Balaban J connectivity index is 1.96. The Morgan fingerprint density at radius 3 is 2.45 bits per heavy atom. The van der Waals surface area contributed by atoms with Crippen LogP contribution in [0.1, 0.15) is 12.8 Å². The second kappa shape index (κ2) is 4.49. The average Bonchev–Trinajstić information content (AvgIpc) is 2.94. The van der Waals surface area contributed by atoms with Gasteiger partial charge in [-0.1, -0.05) is 11.6 Å². The molecule has 0 saturated carbocycles. The number of hydrogen-bond acceptors (Lipinski definition) is 3. The zero-order valence-electron chi connectivity index (χ0n) is 10.3. The lowest BCUT2D eigenvalue weighted by molar-refractivity contribution is -0.141. The highest BCUT2D eigenvalue weighted by Gasteiger charge is 2.54. The maximum absolute atomic E-state index is 12.3. The molecule has 0 spiro atoms. The van der Waals surface area contributed by atoms with Crippen molar-refractivity contribution in [3.8, 4) is 0 Å². The second-order valence-electron chi connectivity index (χ2n) is 4.79. The van der Waals surface area contributed by atoms with E-state index in [0.29, 0.717) is 23.6 Å². The van der Waals surface area contributed by atoms with Gasteiger partial charge in [0.1, 0.15) is 12.1 Å². The van der Waals surface area contributed by atoms with E-state index in [-0.39, 0.29) is 5.91 Å². The number of rotatable bonds is 2. The van der Waals surface area contributed by atoms with Gasteiger partial charge < -0.3 is 5.11 Å². The van der Waals surface area contributed by atoms with Crippen LogP contribution in [-0.2, 0) is 9.59 Å². The van der Waals surface area contributed by atoms with Crippen LogP contribution < -0.4 is 4.90 Å². The first kappa shape index (κ1) is 12.9. The zero-order valence-corrected chi connectivity index (χ0v) is 11.1. The molecule has 7 heteroatoms. The number of imide groups is 1. The molecule has 6 nitrogen and oxygen atoms in total. The first-order valence-corrected chi connectivity index (χ1v) is 6.53. The molecule has 2 saturated heterocycles. The van der Waals surface area contributed by atoms with Crippen LogP contribution in [0.3, 0.4) is 0 Å². The number of carbonyl (C=O) groups is 3. The van der Waals surface area contributed by atoms with Crippen molar-refractivity contribution in [2.45, 2.75) is 24.9 Å². The number of aliphatic carboxylic acids is 1. The molecule has 0 aromatic heterocycles. The molecular formula is C13H11ClN2O4. The fraction of sp³-hybridized carbons (Fsp3) is 0.308. The minimum atomic E-state index is -1.08. The van der Waals surface area contributed by atoms with E-state index in [4.69, 9.17) is 16.7 Å². The summed E-state index contributed by atoms with van der Waals surface area (Å²) in [4.78, 5) is 38.0. The van der Waals surface area contributed by atoms with Gasteiger partial charge in [0.2, 0.25) is 0 Å². The molecule has 3 rings (SSSR count). The molecule has 2 aliphatic heterocycles. The summed E-state index contributed by atoms with van der Waals surface area (Å²) >= 11 is 5.78. The van der Waals surface area contributed by atoms with E-state index in [2.05, 4.69) is 0 Å². The number of fused-ring (bicyclic) bond motifs is 1. The third-order valence-corrected chi connectivity index (χ3v) is 3.92. The summed E-state index contributed by atoms with van der Waals surface area (Å²) in [5.74, 6) is -1.45. The maximum Gasteiger partial charge on any atom is 0.332 e. The van der Waals surface area contributed by atoms with Gasteiger partial charge in [-0.05, 0) is 37.1 Å². The van der Waals surface area contributed by atoms with E-state index in [9.17, 15) is 14.4 Å². The van der Waals surface area contributed by atoms with E-state index < -0.39 is 24.1 Å². The highest BCUT2D eigenvalue weighted by Crippen LogP contribution is 2.35. The molecule has 2 atom stereocenters. The number of hydrogen-bond donors (Lipinski definition) is 1. The predicted molar refractivity (Wildman–Crippen MR) is 70.6 cm³/mol. The topological polar surface area (TPSA) is 77.9 Å². The van der Waals surface area contributed by atoms with Gasteiger partial charge in [-0.3, -0.25) is 9.69 Å². The van der Waals surface area contributed by atoms with Gasteiger partial charge in [-0.25, -0.2) is 14.5 Å². The normalized spacial score (nSPS) is 25.2. The van der Waals surface area contributed by atoms with Crippen LogP contribution in [0.4, 0.5) is 10.5 Å². The molecule has 1 aromatic carbocycles. The average molecular weight is 295 g/mol. The van der Waals surface area contributed by atoms with E-state index in [1.807, 2.05) is 0 Å². The van der Waals surface area contributed by atoms with E-state index in [1.165, 1.54) is 4.90 Å². The van der Waals surface area contributed by atoms with Crippen molar-refractivity contribution in [1.82, 2.24) is 4.90 Å². The number of urea groups is 1. The van der Waals surface area contributed by atoms with Crippen LogP contribution in [0.2, 0.25) is 5.02 Å². The number of halogens is 1. The predicted octanol–water partition coefficient (Wildman–Crippen LogP) is 1.72. The van der Waals surface area contributed by atoms with Crippen molar-refractivity contribution >= 4 is 35.2 Å². The molecule has 104 valence electrons. The van der Waals surface area contributed by atoms with Gasteiger partial charge in [0.15, 0.2) is 0 Å². The molecule has 2 heterocycles. The van der Waals surface area contributed by atoms with Gasteiger partial charge >= 0.3 is 12.0 Å². The van der Waals surface area contributed by atoms with Crippen molar-refractivity contribution in [3.63, 3.8) is 0 Å². The summed E-state index contributed by atoms with van der Waals surface area (Å²) in [6.07, 6.45) is 0.692. The smallest absolute Gasteiger partial charge is 0.332 e. The number of benzene rings is 1. The van der Waals surface area contributed by atoms with Crippen molar-refractivity contribution in [1.29, 1.82) is 0 Å². The Hall–Kier alpha value is -2.08. The lowest BCUT2D eigenvalue weighted by Crippen LogP contribution is -2.42. The van der Waals surface area contributed by atoms with E-state index in [1.54, 1.807) is 24.3 Å². The molecule has 0 radical (unpaired) electrons. The van der Waals surface area contributed by atoms with Crippen molar-refractivity contribution < 1.29 is 19.5 Å². The summed E-state index contributed by atoms with van der Waals surface area (Å²) in [6, 6.07) is 4.12. The number of carbonyl (C=O) groups excluding carboxylic acids is 2. The molecular weight excluding hydrogens is 284 g/mol. The Kier molecular flexibility index (Phi) is 2.90. The van der Waals surface area contributed by atoms with Crippen LogP contribution in [0, 0.1) is 0 Å². The minimum absolute atomic E-state index is 0.311. The Morgan fingerprint density at radius 2 is 1.85 bits per heavy atom. The van der Waals surface area contributed by atoms with E-state index in [0.717, 1.165) is 4.90 Å². The number of amides is 3. The number of carboxylic acids is 1. The monoisotopic (exact) mass is 294 g/mol.